The lowest BCUT2D eigenvalue weighted by Crippen LogP contribution is -2.16. The number of carbonyl (C=O) groups excluding carboxylic acids is 1. The number of carboxylic acid groups (broad SMARTS) is 1. The number of benzene rings is 2. The fraction of sp³-hybridized carbons (Fsp3) is 0.333. The lowest BCUT2D eigenvalue weighted by molar-refractivity contribution is -0.138. The Kier molecular flexibility index (Phi) is 6.87. The minimum Gasteiger partial charge on any atom is -0.497 e. The maximum absolute atomic E-state index is 12.5. The highest BCUT2D eigenvalue weighted by Crippen LogP contribution is 2.37. The summed E-state index contributed by atoms with van der Waals surface area (Å²) in [5.74, 6) is 0.0589. The molecule has 0 aliphatic heterocycles. The molecule has 4 rings (SSSR count). The fourth-order valence-electron chi connectivity index (χ4n) is 4.13. The second kappa shape index (κ2) is 10.2. The zero-order valence-electron chi connectivity index (χ0n) is 18.3. The molecule has 0 atom stereocenters. The zero-order chi connectivity index (χ0) is 23.2. The third-order valence-electron chi connectivity index (χ3n) is 5.91. The van der Waals surface area contributed by atoms with E-state index >= 15 is 0 Å². The van der Waals surface area contributed by atoms with Gasteiger partial charge in [-0.05, 0) is 79.5 Å². The first-order chi connectivity index (χ1) is 16.0. The summed E-state index contributed by atoms with van der Waals surface area (Å²) >= 11 is 0. The van der Waals surface area contributed by atoms with Crippen LogP contribution in [0.3, 0.4) is 0 Å². The van der Waals surface area contributed by atoms with Crippen molar-refractivity contribution in [2.45, 2.75) is 38.0 Å². The van der Waals surface area contributed by atoms with Gasteiger partial charge in [-0.3, -0.25) is 9.59 Å². The van der Waals surface area contributed by atoms with Crippen LogP contribution in [0.5, 0.6) is 5.75 Å². The van der Waals surface area contributed by atoms with Crippen LogP contribution < -0.4 is 15.4 Å². The number of aromatic nitrogens is 2. The number of aliphatic carboxylic acids is 1. The summed E-state index contributed by atoms with van der Waals surface area (Å²) in [6.07, 6.45) is 4.08. The van der Waals surface area contributed by atoms with Crippen molar-refractivity contribution < 1.29 is 23.8 Å². The van der Waals surface area contributed by atoms with Crippen LogP contribution in [0, 0.1) is 5.92 Å². The summed E-state index contributed by atoms with van der Waals surface area (Å²) in [5.41, 5.74) is 2.55. The van der Waals surface area contributed by atoms with Gasteiger partial charge in [-0.1, -0.05) is 17.2 Å². The molecule has 0 spiro atoms. The standard InChI is InChI=1S/C24H26N4O5/c1-32-20-12-10-19(11-13-20)26-24-28-27-23(33-24)22(31)25-18-8-6-17(7-9-18)16-4-2-15(3-5-16)14-21(29)30/h6-13,15-16H,2-5,14H2,1H3,(H,25,31)(H,26,28)(H,29,30). The zero-order valence-corrected chi connectivity index (χ0v) is 18.3. The second-order valence-electron chi connectivity index (χ2n) is 8.16. The van der Waals surface area contributed by atoms with Crippen LogP contribution in [0.4, 0.5) is 17.4 Å². The minimum absolute atomic E-state index is 0.110. The Bertz CT molecular complexity index is 1090. The molecule has 0 saturated heterocycles. The molecular weight excluding hydrogens is 424 g/mol. The van der Waals surface area contributed by atoms with Gasteiger partial charge in [0.2, 0.25) is 0 Å². The maximum Gasteiger partial charge on any atom is 0.320 e. The molecule has 1 amide bonds. The van der Waals surface area contributed by atoms with Crippen LogP contribution in [-0.2, 0) is 4.79 Å². The van der Waals surface area contributed by atoms with E-state index < -0.39 is 11.9 Å². The first-order valence-corrected chi connectivity index (χ1v) is 10.9. The van der Waals surface area contributed by atoms with Crippen LogP contribution >= 0.6 is 0 Å². The quantitative estimate of drug-likeness (QED) is 0.446. The molecule has 0 bridgehead atoms. The Morgan fingerprint density at radius 3 is 2.30 bits per heavy atom. The molecule has 9 nitrogen and oxygen atoms in total. The second-order valence-corrected chi connectivity index (χ2v) is 8.16. The van der Waals surface area contributed by atoms with Crippen molar-refractivity contribution in [1.29, 1.82) is 0 Å². The van der Waals surface area contributed by atoms with Crippen LogP contribution in [0.25, 0.3) is 0 Å². The largest absolute Gasteiger partial charge is 0.497 e. The van der Waals surface area contributed by atoms with Crippen molar-refractivity contribution in [2.24, 2.45) is 5.92 Å². The number of nitrogens with one attached hydrogen (secondary N) is 2. The Hall–Kier alpha value is -3.88. The predicted molar refractivity (Wildman–Crippen MR) is 122 cm³/mol. The molecule has 2 aromatic carbocycles. The number of nitrogens with zero attached hydrogens (tertiary/aromatic N) is 2. The molecule has 1 aromatic heterocycles. The van der Waals surface area contributed by atoms with E-state index in [-0.39, 0.29) is 24.2 Å². The van der Waals surface area contributed by atoms with E-state index in [0.29, 0.717) is 11.6 Å². The summed E-state index contributed by atoms with van der Waals surface area (Å²) in [6, 6.07) is 15.0. The number of anilines is 3. The van der Waals surface area contributed by atoms with E-state index in [9.17, 15) is 9.59 Å². The van der Waals surface area contributed by atoms with Crippen molar-refractivity contribution >= 4 is 29.3 Å². The number of carboxylic acids is 1. The minimum atomic E-state index is -0.719. The average molecular weight is 450 g/mol. The van der Waals surface area contributed by atoms with Crippen LogP contribution in [0.1, 0.15) is 54.3 Å². The van der Waals surface area contributed by atoms with E-state index in [1.54, 1.807) is 31.4 Å². The molecule has 1 aliphatic rings. The number of hydrogen-bond donors (Lipinski definition) is 3. The van der Waals surface area contributed by atoms with Crippen molar-refractivity contribution in [3.05, 3.63) is 60.0 Å². The Morgan fingerprint density at radius 1 is 1.00 bits per heavy atom. The van der Waals surface area contributed by atoms with E-state index in [2.05, 4.69) is 20.8 Å². The van der Waals surface area contributed by atoms with Crippen LogP contribution in [0.2, 0.25) is 0 Å². The van der Waals surface area contributed by atoms with Gasteiger partial charge in [-0.15, -0.1) is 5.10 Å². The molecule has 33 heavy (non-hydrogen) atoms. The number of amides is 1. The van der Waals surface area contributed by atoms with E-state index in [4.69, 9.17) is 14.3 Å². The van der Waals surface area contributed by atoms with E-state index in [1.165, 1.54) is 5.56 Å². The highest BCUT2D eigenvalue weighted by atomic mass is 16.5. The monoisotopic (exact) mass is 450 g/mol. The fourth-order valence-corrected chi connectivity index (χ4v) is 4.13. The van der Waals surface area contributed by atoms with Gasteiger partial charge in [0.25, 0.3) is 0 Å². The molecule has 1 fully saturated rings. The van der Waals surface area contributed by atoms with Crippen LogP contribution in [0.15, 0.2) is 52.9 Å². The summed E-state index contributed by atoms with van der Waals surface area (Å²) in [4.78, 5) is 23.4. The Balaban J connectivity index is 1.30. The number of rotatable bonds is 8. The predicted octanol–water partition coefficient (Wildman–Crippen LogP) is 4.82. The van der Waals surface area contributed by atoms with E-state index in [0.717, 1.165) is 37.1 Å². The van der Waals surface area contributed by atoms with Crippen molar-refractivity contribution in [3.8, 4) is 5.75 Å². The molecule has 0 radical (unpaired) electrons. The molecule has 1 saturated carbocycles. The molecule has 3 N–H and O–H groups in total. The van der Waals surface area contributed by atoms with Gasteiger partial charge in [0.15, 0.2) is 0 Å². The molecule has 0 unspecified atom stereocenters. The lowest BCUT2D eigenvalue weighted by Gasteiger charge is -2.28. The molecule has 1 heterocycles. The number of methoxy groups -OCH3 is 1. The summed E-state index contributed by atoms with van der Waals surface area (Å²) < 4.78 is 10.5. The summed E-state index contributed by atoms with van der Waals surface area (Å²) in [7, 11) is 1.59. The van der Waals surface area contributed by atoms with Crippen molar-refractivity contribution in [3.63, 3.8) is 0 Å². The topological polar surface area (TPSA) is 127 Å². The Morgan fingerprint density at radius 2 is 1.67 bits per heavy atom. The maximum atomic E-state index is 12.5. The third kappa shape index (κ3) is 5.88. The molecule has 1 aliphatic carbocycles. The summed E-state index contributed by atoms with van der Waals surface area (Å²) in [6.45, 7) is 0. The highest BCUT2D eigenvalue weighted by Gasteiger charge is 2.24. The smallest absolute Gasteiger partial charge is 0.320 e. The van der Waals surface area contributed by atoms with Gasteiger partial charge in [-0.2, -0.15) is 0 Å². The van der Waals surface area contributed by atoms with E-state index in [1.807, 2.05) is 24.3 Å². The third-order valence-corrected chi connectivity index (χ3v) is 5.91. The van der Waals surface area contributed by atoms with Gasteiger partial charge in [0, 0.05) is 17.8 Å². The normalized spacial score (nSPS) is 17.8. The molecule has 3 aromatic rings. The van der Waals surface area contributed by atoms with Gasteiger partial charge in [-0.25, -0.2) is 0 Å². The van der Waals surface area contributed by atoms with Crippen molar-refractivity contribution in [1.82, 2.24) is 10.2 Å². The molecule has 172 valence electrons. The number of carbonyl (C=O) groups is 2. The van der Waals surface area contributed by atoms with Gasteiger partial charge in [0.1, 0.15) is 5.75 Å². The summed E-state index contributed by atoms with van der Waals surface area (Å²) in [5, 5.41) is 22.3. The average Bonchev–Trinajstić information content (AvgIpc) is 3.29. The van der Waals surface area contributed by atoms with Gasteiger partial charge >= 0.3 is 23.8 Å². The molecule has 9 heteroatoms. The number of ether oxygens (including phenoxy) is 1. The lowest BCUT2D eigenvalue weighted by atomic mass is 9.77. The van der Waals surface area contributed by atoms with Crippen molar-refractivity contribution in [2.75, 3.05) is 17.7 Å². The van der Waals surface area contributed by atoms with Crippen LogP contribution in [-0.4, -0.2) is 34.3 Å². The first-order valence-electron chi connectivity index (χ1n) is 10.9. The molecular formula is C24H26N4O5. The first kappa shape index (κ1) is 22.3. The highest BCUT2D eigenvalue weighted by molar-refractivity contribution is 6.00. The van der Waals surface area contributed by atoms with Gasteiger partial charge < -0.3 is 24.9 Å². The van der Waals surface area contributed by atoms with Gasteiger partial charge in [0.05, 0.1) is 7.11 Å². The Labute approximate surface area is 191 Å². The number of hydrogen-bond acceptors (Lipinski definition) is 7. The SMILES string of the molecule is COc1ccc(Nc2nnc(C(=O)Nc3ccc(C4CCC(CC(=O)O)CC4)cc3)o2)cc1.